The maximum atomic E-state index is 6.28. The second-order valence-electron chi connectivity index (χ2n) is 7.10. The Labute approximate surface area is 165 Å². The van der Waals surface area contributed by atoms with Crippen molar-refractivity contribution in [1.82, 2.24) is 20.8 Å². The summed E-state index contributed by atoms with van der Waals surface area (Å²) < 4.78 is 10.5. The van der Waals surface area contributed by atoms with E-state index in [2.05, 4.69) is 25.8 Å². The van der Waals surface area contributed by atoms with Crippen LogP contribution in [-0.4, -0.2) is 36.3 Å². The minimum absolute atomic E-state index is 0.171. The molecule has 1 heterocycles. The fourth-order valence-corrected chi connectivity index (χ4v) is 2.55. The molecule has 0 saturated heterocycles. The molecule has 1 aromatic heterocycles. The molecule has 2 N–H and O–H groups in total. The Morgan fingerprint density at radius 3 is 2.67 bits per heavy atom. The van der Waals surface area contributed by atoms with Crippen molar-refractivity contribution in [1.29, 1.82) is 0 Å². The predicted molar refractivity (Wildman–Crippen MR) is 108 cm³/mol. The molecule has 1 aromatic carbocycles. The Bertz CT molecular complexity index is 768. The number of halogens is 1. The minimum atomic E-state index is -0.171. The van der Waals surface area contributed by atoms with Gasteiger partial charge in [-0.1, -0.05) is 43.6 Å². The van der Waals surface area contributed by atoms with E-state index in [-0.39, 0.29) is 5.41 Å². The van der Waals surface area contributed by atoms with E-state index in [9.17, 15) is 0 Å². The summed E-state index contributed by atoms with van der Waals surface area (Å²) in [6.45, 7) is 9.91. The molecule has 148 valence electrons. The highest BCUT2D eigenvalue weighted by molar-refractivity contribution is 6.31. The molecule has 0 spiro atoms. The first-order valence-corrected chi connectivity index (χ1v) is 9.39. The molecule has 0 atom stereocenters. The van der Waals surface area contributed by atoms with Gasteiger partial charge in [0.25, 0.3) is 0 Å². The lowest BCUT2D eigenvalue weighted by atomic mass is 9.97. The number of rotatable bonds is 7. The van der Waals surface area contributed by atoms with Gasteiger partial charge in [-0.25, -0.2) is 4.99 Å². The van der Waals surface area contributed by atoms with E-state index < -0.39 is 0 Å². The smallest absolute Gasteiger partial charge is 0.232 e. The number of aromatic nitrogens is 2. The van der Waals surface area contributed by atoms with Gasteiger partial charge in [0.05, 0.1) is 7.11 Å². The zero-order chi connectivity index (χ0) is 19.9. The maximum Gasteiger partial charge on any atom is 0.232 e. The number of aliphatic imine (C=N–C) groups is 1. The Morgan fingerprint density at radius 2 is 2.07 bits per heavy atom. The summed E-state index contributed by atoms with van der Waals surface area (Å²) >= 11 is 6.28. The molecule has 0 aliphatic carbocycles. The van der Waals surface area contributed by atoms with Gasteiger partial charge in [-0.2, -0.15) is 4.98 Å². The summed E-state index contributed by atoms with van der Waals surface area (Å²) in [5.41, 5.74) is 0.879. The molecule has 0 aliphatic heterocycles. The van der Waals surface area contributed by atoms with Crippen molar-refractivity contribution in [2.45, 2.75) is 46.1 Å². The van der Waals surface area contributed by atoms with Gasteiger partial charge < -0.3 is 19.9 Å². The van der Waals surface area contributed by atoms with E-state index in [1.165, 1.54) is 0 Å². The molecule has 0 radical (unpaired) electrons. The lowest BCUT2D eigenvalue weighted by Crippen LogP contribution is -2.38. The third kappa shape index (κ3) is 6.43. The predicted octanol–water partition coefficient (Wildman–Crippen LogP) is 3.33. The first-order chi connectivity index (χ1) is 12.8. The topological polar surface area (TPSA) is 84.6 Å². The molecule has 7 nitrogen and oxygen atoms in total. The highest BCUT2D eigenvalue weighted by Crippen LogP contribution is 2.22. The van der Waals surface area contributed by atoms with Gasteiger partial charge in [0.1, 0.15) is 12.3 Å². The van der Waals surface area contributed by atoms with Gasteiger partial charge in [0.15, 0.2) is 11.8 Å². The van der Waals surface area contributed by atoms with Gasteiger partial charge in [-0.15, -0.1) is 0 Å². The standard InChI is InChI=1S/C19H28ClN5O2/c1-6-21-18(23-12-16-24-17(27-25-16)19(2,3)4)22-10-9-13-7-8-14(26-5)11-15(13)20/h7-8,11H,6,9-10,12H2,1-5H3,(H2,21,22,23). The van der Waals surface area contributed by atoms with Crippen LogP contribution in [0.5, 0.6) is 5.75 Å². The van der Waals surface area contributed by atoms with E-state index in [0.717, 1.165) is 24.3 Å². The van der Waals surface area contributed by atoms with Crippen LogP contribution >= 0.6 is 11.6 Å². The van der Waals surface area contributed by atoms with Gasteiger partial charge in [0, 0.05) is 23.5 Å². The largest absolute Gasteiger partial charge is 0.497 e. The number of hydrogen-bond donors (Lipinski definition) is 2. The van der Waals surface area contributed by atoms with Crippen LogP contribution < -0.4 is 15.4 Å². The van der Waals surface area contributed by atoms with E-state index in [1.54, 1.807) is 7.11 Å². The summed E-state index contributed by atoms with van der Waals surface area (Å²) in [5, 5.41) is 11.2. The summed E-state index contributed by atoms with van der Waals surface area (Å²) in [4.78, 5) is 8.92. The molecule has 2 rings (SSSR count). The van der Waals surface area contributed by atoms with Crippen LogP contribution in [-0.2, 0) is 18.4 Å². The van der Waals surface area contributed by atoms with Crippen molar-refractivity contribution in [2.24, 2.45) is 4.99 Å². The van der Waals surface area contributed by atoms with E-state index in [1.807, 2.05) is 45.9 Å². The highest BCUT2D eigenvalue weighted by Gasteiger charge is 2.21. The number of ether oxygens (including phenoxy) is 1. The second kappa shape index (κ2) is 9.60. The normalized spacial score (nSPS) is 12.1. The van der Waals surface area contributed by atoms with Crippen LogP contribution in [0.4, 0.5) is 0 Å². The fraction of sp³-hybridized carbons (Fsp3) is 0.526. The molecule has 2 aromatic rings. The van der Waals surface area contributed by atoms with Gasteiger partial charge in [-0.05, 0) is 31.0 Å². The lowest BCUT2D eigenvalue weighted by molar-refractivity contribution is 0.318. The molecular formula is C19H28ClN5O2. The first kappa shape index (κ1) is 21.0. The number of methoxy groups -OCH3 is 1. The van der Waals surface area contributed by atoms with Crippen LogP contribution in [0.25, 0.3) is 0 Å². The lowest BCUT2D eigenvalue weighted by Gasteiger charge is -2.12. The van der Waals surface area contributed by atoms with Crippen LogP contribution in [0.15, 0.2) is 27.7 Å². The van der Waals surface area contributed by atoms with E-state index in [0.29, 0.717) is 35.8 Å². The molecular weight excluding hydrogens is 366 g/mol. The molecule has 0 amide bonds. The Balaban J connectivity index is 1.92. The van der Waals surface area contributed by atoms with E-state index in [4.69, 9.17) is 20.9 Å². The average molecular weight is 394 g/mol. The number of nitrogens with one attached hydrogen (secondary N) is 2. The molecule has 0 saturated carbocycles. The Morgan fingerprint density at radius 1 is 1.30 bits per heavy atom. The number of benzene rings is 1. The summed E-state index contributed by atoms with van der Waals surface area (Å²) in [5.74, 6) is 2.63. The van der Waals surface area contributed by atoms with Gasteiger partial charge in [-0.3, -0.25) is 0 Å². The average Bonchev–Trinajstić information content (AvgIpc) is 3.10. The third-order valence-corrected chi connectivity index (χ3v) is 4.13. The maximum absolute atomic E-state index is 6.28. The van der Waals surface area contributed by atoms with Gasteiger partial charge in [0.2, 0.25) is 5.89 Å². The second-order valence-corrected chi connectivity index (χ2v) is 7.50. The quantitative estimate of drug-likeness (QED) is 0.554. The molecule has 0 bridgehead atoms. The SMILES string of the molecule is CCNC(=NCc1noc(C(C)(C)C)n1)NCCc1ccc(OC)cc1Cl. The third-order valence-electron chi connectivity index (χ3n) is 3.78. The van der Waals surface area contributed by atoms with Crippen LogP contribution in [0.1, 0.15) is 45.0 Å². The minimum Gasteiger partial charge on any atom is -0.497 e. The van der Waals surface area contributed by atoms with Gasteiger partial charge >= 0.3 is 0 Å². The highest BCUT2D eigenvalue weighted by atomic mass is 35.5. The zero-order valence-corrected chi connectivity index (χ0v) is 17.4. The van der Waals surface area contributed by atoms with Crippen molar-refractivity contribution in [3.63, 3.8) is 0 Å². The first-order valence-electron chi connectivity index (χ1n) is 9.01. The summed E-state index contributed by atoms with van der Waals surface area (Å²) in [6.07, 6.45) is 0.767. The fourth-order valence-electron chi connectivity index (χ4n) is 2.29. The molecule has 8 heteroatoms. The van der Waals surface area contributed by atoms with Crippen molar-refractivity contribution >= 4 is 17.6 Å². The molecule has 0 unspecified atom stereocenters. The Kier molecular flexibility index (Phi) is 7.47. The summed E-state index contributed by atoms with van der Waals surface area (Å²) in [6, 6.07) is 5.70. The van der Waals surface area contributed by atoms with Crippen LogP contribution in [0, 0.1) is 0 Å². The van der Waals surface area contributed by atoms with Crippen LogP contribution in [0.3, 0.4) is 0 Å². The number of guanidine groups is 1. The van der Waals surface area contributed by atoms with Crippen molar-refractivity contribution in [3.8, 4) is 5.75 Å². The van der Waals surface area contributed by atoms with Crippen molar-refractivity contribution in [2.75, 3.05) is 20.2 Å². The van der Waals surface area contributed by atoms with E-state index >= 15 is 0 Å². The monoisotopic (exact) mass is 393 g/mol. The molecule has 27 heavy (non-hydrogen) atoms. The summed E-state index contributed by atoms with van der Waals surface area (Å²) in [7, 11) is 1.63. The number of hydrogen-bond acceptors (Lipinski definition) is 5. The zero-order valence-electron chi connectivity index (χ0n) is 16.6. The van der Waals surface area contributed by atoms with Crippen molar-refractivity contribution in [3.05, 3.63) is 40.5 Å². The number of nitrogens with zero attached hydrogens (tertiary/aromatic N) is 3. The van der Waals surface area contributed by atoms with Crippen LogP contribution in [0.2, 0.25) is 5.02 Å². The molecule has 0 fully saturated rings. The molecule has 0 aliphatic rings. The van der Waals surface area contributed by atoms with Crippen molar-refractivity contribution < 1.29 is 9.26 Å². The Hall–Kier alpha value is -2.28.